The Morgan fingerprint density at radius 2 is 2.05 bits per heavy atom. The molecule has 0 bridgehead atoms. The average molecular weight is 263 g/mol. The van der Waals surface area contributed by atoms with Gasteiger partial charge in [-0.25, -0.2) is 4.68 Å². The van der Waals surface area contributed by atoms with E-state index in [2.05, 4.69) is 21.6 Å². The third-order valence-electron chi connectivity index (χ3n) is 3.61. The maximum Gasteiger partial charge on any atom is 0.216 e. The lowest BCUT2D eigenvalue weighted by atomic mass is 10.2. The number of nitrogens with one attached hydrogen (secondary N) is 1. The molecule has 0 unspecified atom stereocenters. The first-order valence-corrected chi connectivity index (χ1v) is 6.52. The molecule has 1 aliphatic rings. The van der Waals surface area contributed by atoms with Gasteiger partial charge < -0.3 is 5.32 Å². The Bertz CT molecular complexity index is 609. The quantitative estimate of drug-likeness (QED) is 0.919. The Morgan fingerprint density at radius 1 is 1.32 bits per heavy atom. The summed E-state index contributed by atoms with van der Waals surface area (Å²) in [6, 6.07) is 2.06. The molecule has 102 valence electrons. The summed E-state index contributed by atoms with van der Waals surface area (Å²) in [5.74, 6) is 1.26. The minimum absolute atomic E-state index is 0.283. The highest BCUT2D eigenvalue weighted by Gasteiger charge is 2.26. The summed E-state index contributed by atoms with van der Waals surface area (Å²) in [5, 5.41) is 11.8. The fraction of sp³-hybridized carbons (Fsp3) is 0.538. The second-order valence-electron chi connectivity index (χ2n) is 5.18. The fourth-order valence-electron chi connectivity index (χ4n) is 2.29. The molecule has 1 aliphatic carbocycles. The monoisotopic (exact) mass is 263 g/mol. The van der Waals surface area contributed by atoms with Gasteiger partial charge in [0, 0.05) is 38.2 Å². The molecule has 19 heavy (non-hydrogen) atoms. The Kier molecular flexibility index (Phi) is 2.80. The lowest BCUT2D eigenvalue weighted by Crippen LogP contribution is -2.06. The van der Waals surface area contributed by atoms with Crippen molar-refractivity contribution in [3.8, 4) is 0 Å². The Balaban J connectivity index is 1.75. The van der Waals surface area contributed by atoms with Gasteiger partial charge in [-0.3, -0.25) is 4.68 Å². The highest BCUT2D eigenvalue weighted by atomic mass is 19.1. The minimum atomic E-state index is -0.283. The summed E-state index contributed by atoms with van der Waals surface area (Å²) < 4.78 is 16.9. The second kappa shape index (κ2) is 4.36. The third-order valence-corrected chi connectivity index (χ3v) is 3.61. The van der Waals surface area contributed by atoms with Crippen LogP contribution in [0.3, 0.4) is 0 Å². The summed E-state index contributed by atoms with van der Waals surface area (Å²) in [7, 11) is 3.52. The molecular formula is C13H18FN5. The maximum absolute atomic E-state index is 13.8. The Hall–Kier alpha value is -1.85. The van der Waals surface area contributed by atoms with Crippen LogP contribution in [0, 0.1) is 12.9 Å². The highest BCUT2D eigenvalue weighted by molar-refractivity contribution is 5.40. The van der Waals surface area contributed by atoms with Crippen molar-refractivity contribution >= 4 is 5.82 Å². The molecular weight excluding hydrogens is 245 g/mol. The first kappa shape index (κ1) is 12.2. The largest absolute Gasteiger partial charge is 0.366 e. The lowest BCUT2D eigenvalue weighted by Gasteiger charge is -2.05. The van der Waals surface area contributed by atoms with Gasteiger partial charge in [-0.05, 0) is 19.8 Å². The van der Waals surface area contributed by atoms with Gasteiger partial charge in [0.25, 0.3) is 0 Å². The first-order chi connectivity index (χ1) is 9.06. The summed E-state index contributed by atoms with van der Waals surface area (Å²) in [6.07, 6.45) is 2.46. The van der Waals surface area contributed by atoms with Crippen LogP contribution in [0.1, 0.15) is 35.7 Å². The molecule has 2 aromatic heterocycles. The van der Waals surface area contributed by atoms with Crippen molar-refractivity contribution in [2.24, 2.45) is 14.1 Å². The van der Waals surface area contributed by atoms with E-state index < -0.39 is 0 Å². The number of rotatable bonds is 4. The molecule has 6 heteroatoms. The minimum Gasteiger partial charge on any atom is -0.366 e. The van der Waals surface area contributed by atoms with Crippen molar-refractivity contribution in [2.45, 2.75) is 32.2 Å². The van der Waals surface area contributed by atoms with Gasteiger partial charge in [-0.15, -0.1) is 0 Å². The molecule has 0 amide bonds. The molecule has 0 radical (unpaired) electrons. The smallest absolute Gasteiger partial charge is 0.216 e. The zero-order valence-electron chi connectivity index (χ0n) is 11.4. The van der Waals surface area contributed by atoms with E-state index in [0.717, 1.165) is 17.2 Å². The zero-order chi connectivity index (χ0) is 13.6. The van der Waals surface area contributed by atoms with E-state index in [4.69, 9.17) is 0 Å². The van der Waals surface area contributed by atoms with Crippen LogP contribution in [0.5, 0.6) is 0 Å². The van der Waals surface area contributed by atoms with Crippen LogP contribution in [-0.4, -0.2) is 19.6 Å². The molecule has 1 saturated carbocycles. The number of aryl methyl sites for hydroxylation is 3. The molecule has 1 fully saturated rings. The number of hydrogen-bond acceptors (Lipinski definition) is 3. The number of aromatic nitrogens is 4. The predicted octanol–water partition coefficient (Wildman–Crippen LogP) is 2.09. The van der Waals surface area contributed by atoms with Crippen LogP contribution < -0.4 is 5.32 Å². The fourth-order valence-corrected chi connectivity index (χ4v) is 2.29. The third kappa shape index (κ3) is 2.22. The van der Waals surface area contributed by atoms with Gasteiger partial charge in [-0.1, -0.05) is 0 Å². The van der Waals surface area contributed by atoms with Crippen molar-refractivity contribution in [2.75, 3.05) is 5.32 Å². The van der Waals surface area contributed by atoms with Crippen molar-refractivity contribution in [1.82, 2.24) is 19.6 Å². The lowest BCUT2D eigenvalue weighted by molar-refractivity contribution is 0.496. The van der Waals surface area contributed by atoms with E-state index in [1.165, 1.54) is 17.5 Å². The number of nitrogens with zero attached hydrogens (tertiary/aromatic N) is 4. The van der Waals surface area contributed by atoms with Gasteiger partial charge in [0.05, 0.1) is 11.4 Å². The molecule has 3 rings (SSSR count). The first-order valence-electron chi connectivity index (χ1n) is 6.52. The van der Waals surface area contributed by atoms with Crippen molar-refractivity contribution in [3.63, 3.8) is 0 Å². The van der Waals surface area contributed by atoms with E-state index in [0.29, 0.717) is 18.0 Å². The molecule has 2 aromatic rings. The molecule has 0 aliphatic heterocycles. The summed E-state index contributed by atoms with van der Waals surface area (Å²) in [4.78, 5) is 0. The molecule has 0 aromatic carbocycles. The summed E-state index contributed by atoms with van der Waals surface area (Å²) in [5.41, 5.74) is 2.46. The van der Waals surface area contributed by atoms with E-state index in [-0.39, 0.29) is 5.95 Å². The second-order valence-corrected chi connectivity index (χ2v) is 5.18. The van der Waals surface area contributed by atoms with E-state index >= 15 is 0 Å². The van der Waals surface area contributed by atoms with Crippen LogP contribution in [0.2, 0.25) is 0 Å². The predicted molar refractivity (Wildman–Crippen MR) is 70.4 cm³/mol. The van der Waals surface area contributed by atoms with E-state index in [1.54, 1.807) is 7.05 Å². The Morgan fingerprint density at radius 3 is 2.63 bits per heavy atom. The summed E-state index contributed by atoms with van der Waals surface area (Å²) in [6.45, 7) is 2.24. The van der Waals surface area contributed by atoms with Crippen LogP contribution in [0.4, 0.5) is 10.2 Å². The molecule has 2 heterocycles. The van der Waals surface area contributed by atoms with E-state index in [9.17, 15) is 4.39 Å². The summed E-state index contributed by atoms with van der Waals surface area (Å²) >= 11 is 0. The molecule has 0 spiro atoms. The van der Waals surface area contributed by atoms with Gasteiger partial charge in [0.2, 0.25) is 5.95 Å². The van der Waals surface area contributed by atoms with Crippen LogP contribution in [0.25, 0.3) is 0 Å². The van der Waals surface area contributed by atoms with E-state index in [1.807, 2.05) is 18.7 Å². The number of halogens is 1. The van der Waals surface area contributed by atoms with Crippen molar-refractivity contribution in [1.29, 1.82) is 0 Å². The van der Waals surface area contributed by atoms with Gasteiger partial charge >= 0.3 is 0 Å². The van der Waals surface area contributed by atoms with Gasteiger partial charge in [-0.2, -0.15) is 14.6 Å². The normalized spacial score (nSPS) is 14.9. The molecule has 0 saturated heterocycles. The van der Waals surface area contributed by atoms with Crippen LogP contribution in [-0.2, 0) is 20.6 Å². The van der Waals surface area contributed by atoms with Gasteiger partial charge in [0.15, 0.2) is 0 Å². The molecule has 0 atom stereocenters. The van der Waals surface area contributed by atoms with Crippen LogP contribution in [0.15, 0.2) is 6.07 Å². The SMILES string of the molecule is Cc1nn(C)c(F)c1CNc1cc(C2CC2)nn1C. The maximum atomic E-state index is 13.8. The van der Waals surface area contributed by atoms with Crippen LogP contribution >= 0.6 is 0 Å². The van der Waals surface area contributed by atoms with Crippen molar-refractivity contribution in [3.05, 3.63) is 29.0 Å². The Labute approximate surface area is 111 Å². The van der Waals surface area contributed by atoms with Crippen molar-refractivity contribution < 1.29 is 4.39 Å². The molecule has 1 N–H and O–H groups in total. The number of anilines is 1. The zero-order valence-corrected chi connectivity index (χ0v) is 11.4. The standard InChI is InChI=1S/C13H18FN5/c1-8-10(13(14)19(3)16-8)7-15-12-6-11(9-4-5-9)17-18(12)2/h6,9,15H,4-5,7H2,1-3H3. The van der Waals surface area contributed by atoms with Gasteiger partial charge in [0.1, 0.15) is 5.82 Å². The number of hydrogen-bond donors (Lipinski definition) is 1. The topological polar surface area (TPSA) is 47.7 Å². The highest BCUT2D eigenvalue weighted by Crippen LogP contribution is 2.39. The molecule has 5 nitrogen and oxygen atoms in total. The average Bonchev–Trinajstić information content (AvgIpc) is 3.10.